The minimum Gasteiger partial charge on any atom is -0.378 e. The predicted octanol–water partition coefficient (Wildman–Crippen LogP) is 0.789. The maximum atomic E-state index is 5.37. The number of hydrogen-bond acceptors (Lipinski definition) is 4. The van der Waals surface area contributed by atoms with Crippen molar-refractivity contribution in [2.45, 2.75) is 19.1 Å². The van der Waals surface area contributed by atoms with E-state index in [0.29, 0.717) is 6.04 Å². The van der Waals surface area contributed by atoms with Gasteiger partial charge in [0.1, 0.15) is 5.82 Å². The van der Waals surface area contributed by atoms with Crippen LogP contribution in [0.3, 0.4) is 0 Å². The highest BCUT2D eigenvalue weighted by Gasteiger charge is 2.26. The van der Waals surface area contributed by atoms with Gasteiger partial charge in [-0.25, -0.2) is 4.98 Å². The minimum atomic E-state index is 0.230. The van der Waals surface area contributed by atoms with Gasteiger partial charge in [-0.15, -0.1) is 0 Å². The number of ether oxygens (including phenoxy) is 1. The summed E-state index contributed by atoms with van der Waals surface area (Å²) in [7, 11) is 1.74. The van der Waals surface area contributed by atoms with Crippen molar-refractivity contribution >= 4 is 5.82 Å². The predicted molar refractivity (Wildman–Crippen MR) is 60.1 cm³/mol. The van der Waals surface area contributed by atoms with Crippen LogP contribution in [0.25, 0.3) is 0 Å². The number of hydrogen-bond donors (Lipinski definition) is 2. The Labute approximate surface area is 90.0 Å². The summed E-state index contributed by atoms with van der Waals surface area (Å²) in [5.41, 5.74) is 1.17. The molecule has 0 spiro atoms. The van der Waals surface area contributed by atoms with Crippen LogP contribution in [0, 0.1) is 6.92 Å². The summed E-state index contributed by atoms with van der Waals surface area (Å²) in [6.45, 7) is 3.86. The molecule has 2 unspecified atom stereocenters. The molecule has 2 atom stereocenters. The molecular weight excluding hydrogens is 190 g/mol. The maximum Gasteiger partial charge on any atom is 0.126 e. The largest absolute Gasteiger partial charge is 0.378 e. The normalized spacial score (nSPS) is 25.5. The van der Waals surface area contributed by atoms with Gasteiger partial charge in [0, 0.05) is 26.4 Å². The topological polar surface area (TPSA) is 46.2 Å². The average molecular weight is 207 g/mol. The Bertz CT molecular complexity index is 312. The first-order chi connectivity index (χ1) is 7.29. The van der Waals surface area contributed by atoms with Gasteiger partial charge in [-0.3, -0.25) is 0 Å². The molecule has 0 amide bonds. The fourth-order valence-corrected chi connectivity index (χ4v) is 1.79. The quantitative estimate of drug-likeness (QED) is 0.769. The molecule has 1 saturated heterocycles. The van der Waals surface area contributed by atoms with Gasteiger partial charge >= 0.3 is 0 Å². The molecule has 0 aromatic carbocycles. The van der Waals surface area contributed by atoms with E-state index in [4.69, 9.17) is 4.74 Å². The first-order valence-electron chi connectivity index (χ1n) is 5.22. The molecule has 2 rings (SSSR count). The molecule has 4 heteroatoms. The van der Waals surface area contributed by atoms with Gasteiger partial charge in [-0.2, -0.15) is 0 Å². The smallest absolute Gasteiger partial charge is 0.126 e. The van der Waals surface area contributed by atoms with E-state index in [1.807, 2.05) is 19.2 Å². The fourth-order valence-electron chi connectivity index (χ4n) is 1.79. The lowest BCUT2D eigenvalue weighted by Gasteiger charge is -2.18. The second-order valence-electron chi connectivity index (χ2n) is 3.90. The lowest BCUT2D eigenvalue weighted by atomic mass is 10.2. The number of rotatable bonds is 3. The Morgan fingerprint density at radius 1 is 1.47 bits per heavy atom. The minimum absolute atomic E-state index is 0.230. The molecular formula is C11H17N3O. The van der Waals surface area contributed by atoms with Crippen LogP contribution in [0.2, 0.25) is 0 Å². The molecule has 0 aliphatic carbocycles. The molecule has 82 valence electrons. The number of pyridine rings is 1. The zero-order valence-corrected chi connectivity index (χ0v) is 9.16. The molecule has 4 nitrogen and oxygen atoms in total. The SMILES string of the molecule is COC1CNCC1Nc1ccc(C)cn1. The monoisotopic (exact) mass is 207 g/mol. The van der Waals surface area contributed by atoms with E-state index < -0.39 is 0 Å². The van der Waals surface area contributed by atoms with Crippen LogP contribution >= 0.6 is 0 Å². The highest BCUT2D eigenvalue weighted by molar-refractivity contribution is 5.37. The second kappa shape index (κ2) is 4.59. The van der Waals surface area contributed by atoms with Crippen LogP contribution in [0.4, 0.5) is 5.82 Å². The van der Waals surface area contributed by atoms with Crippen LogP contribution in [-0.2, 0) is 4.74 Å². The first-order valence-corrected chi connectivity index (χ1v) is 5.22. The third-order valence-corrected chi connectivity index (χ3v) is 2.71. The van der Waals surface area contributed by atoms with Crippen molar-refractivity contribution in [3.8, 4) is 0 Å². The summed E-state index contributed by atoms with van der Waals surface area (Å²) < 4.78 is 5.37. The molecule has 2 heterocycles. The van der Waals surface area contributed by atoms with Crippen LogP contribution < -0.4 is 10.6 Å². The number of nitrogens with zero attached hydrogens (tertiary/aromatic N) is 1. The average Bonchev–Trinajstić information content (AvgIpc) is 2.69. The summed E-state index contributed by atoms with van der Waals surface area (Å²) in [6, 6.07) is 4.37. The van der Waals surface area contributed by atoms with E-state index in [0.717, 1.165) is 18.9 Å². The number of anilines is 1. The summed E-state index contributed by atoms with van der Waals surface area (Å²) in [5, 5.41) is 6.66. The highest BCUT2D eigenvalue weighted by Crippen LogP contribution is 2.11. The molecule has 1 aliphatic heterocycles. The van der Waals surface area contributed by atoms with E-state index in [2.05, 4.69) is 21.7 Å². The number of aromatic nitrogens is 1. The van der Waals surface area contributed by atoms with Crippen molar-refractivity contribution in [1.82, 2.24) is 10.3 Å². The van der Waals surface area contributed by atoms with E-state index in [1.54, 1.807) is 7.11 Å². The Hall–Kier alpha value is -1.13. The van der Waals surface area contributed by atoms with Gasteiger partial charge in [-0.05, 0) is 18.6 Å². The third kappa shape index (κ3) is 2.46. The van der Waals surface area contributed by atoms with Crippen LogP contribution in [0.15, 0.2) is 18.3 Å². The molecule has 15 heavy (non-hydrogen) atoms. The molecule has 1 aromatic rings. The lowest BCUT2D eigenvalue weighted by molar-refractivity contribution is 0.111. The molecule has 1 aromatic heterocycles. The van der Waals surface area contributed by atoms with Crippen LogP contribution in [0.1, 0.15) is 5.56 Å². The Kier molecular flexibility index (Phi) is 3.18. The van der Waals surface area contributed by atoms with Crippen molar-refractivity contribution in [1.29, 1.82) is 0 Å². The van der Waals surface area contributed by atoms with E-state index in [-0.39, 0.29) is 6.10 Å². The molecule has 0 radical (unpaired) electrons. The van der Waals surface area contributed by atoms with E-state index in [1.165, 1.54) is 5.56 Å². The molecule has 1 fully saturated rings. The van der Waals surface area contributed by atoms with Gasteiger partial charge < -0.3 is 15.4 Å². The zero-order valence-electron chi connectivity index (χ0n) is 9.16. The number of nitrogens with one attached hydrogen (secondary N) is 2. The fraction of sp³-hybridized carbons (Fsp3) is 0.545. The second-order valence-corrected chi connectivity index (χ2v) is 3.90. The van der Waals surface area contributed by atoms with E-state index >= 15 is 0 Å². The lowest BCUT2D eigenvalue weighted by Crippen LogP contribution is -2.33. The Morgan fingerprint density at radius 2 is 2.33 bits per heavy atom. The van der Waals surface area contributed by atoms with Crippen molar-refractivity contribution < 1.29 is 4.74 Å². The van der Waals surface area contributed by atoms with Crippen molar-refractivity contribution in [2.75, 3.05) is 25.5 Å². The van der Waals surface area contributed by atoms with Crippen molar-refractivity contribution in [2.24, 2.45) is 0 Å². The van der Waals surface area contributed by atoms with Gasteiger partial charge in [0.2, 0.25) is 0 Å². The Balaban J connectivity index is 1.99. The summed E-state index contributed by atoms with van der Waals surface area (Å²) in [5.74, 6) is 0.913. The van der Waals surface area contributed by atoms with Crippen molar-refractivity contribution in [3.05, 3.63) is 23.9 Å². The van der Waals surface area contributed by atoms with Crippen LogP contribution in [0.5, 0.6) is 0 Å². The Morgan fingerprint density at radius 3 is 3.00 bits per heavy atom. The maximum absolute atomic E-state index is 5.37. The van der Waals surface area contributed by atoms with Gasteiger partial charge in [-0.1, -0.05) is 6.07 Å². The third-order valence-electron chi connectivity index (χ3n) is 2.71. The summed E-state index contributed by atoms with van der Waals surface area (Å²) in [4.78, 5) is 4.32. The number of methoxy groups -OCH3 is 1. The van der Waals surface area contributed by atoms with Gasteiger partial charge in [0.15, 0.2) is 0 Å². The van der Waals surface area contributed by atoms with Gasteiger partial charge in [0.25, 0.3) is 0 Å². The highest BCUT2D eigenvalue weighted by atomic mass is 16.5. The van der Waals surface area contributed by atoms with Crippen LogP contribution in [-0.4, -0.2) is 37.3 Å². The number of aryl methyl sites for hydroxylation is 1. The first kappa shape index (κ1) is 10.4. The van der Waals surface area contributed by atoms with E-state index in [9.17, 15) is 0 Å². The molecule has 2 N–H and O–H groups in total. The molecule has 0 saturated carbocycles. The summed E-state index contributed by atoms with van der Waals surface area (Å²) >= 11 is 0. The van der Waals surface area contributed by atoms with Gasteiger partial charge in [0.05, 0.1) is 12.1 Å². The van der Waals surface area contributed by atoms with Crippen molar-refractivity contribution in [3.63, 3.8) is 0 Å². The standard InChI is InChI=1S/C11H17N3O/c1-8-3-4-11(13-5-8)14-9-6-12-7-10(9)15-2/h3-5,9-10,12H,6-7H2,1-2H3,(H,13,14). The zero-order chi connectivity index (χ0) is 10.7. The molecule has 0 bridgehead atoms. The summed E-state index contributed by atoms with van der Waals surface area (Å²) in [6.07, 6.45) is 2.10. The molecule has 1 aliphatic rings.